The molecule has 0 spiro atoms. The number of pyridine rings is 1. The summed E-state index contributed by atoms with van der Waals surface area (Å²) in [5, 5.41) is 2.85. The molecule has 1 aliphatic rings. The van der Waals surface area contributed by atoms with E-state index >= 15 is 0 Å². The Balaban J connectivity index is 1.97. The Morgan fingerprint density at radius 3 is 2.56 bits per heavy atom. The first-order chi connectivity index (χ1) is 17.2. The fourth-order valence-electron chi connectivity index (χ4n) is 4.24. The molecule has 194 valence electrons. The molecule has 36 heavy (non-hydrogen) atoms. The Hall–Kier alpha value is -3.46. The van der Waals surface area contributed by atoms with E-state index in [0.717, 1.165) is 6.42 Å². The molecule has 3 atom stereocenters. The van der Waals surface area contributed by atoms with Crippen LogP contribution < -0.4 is 10.1 Å². The van der Waals surface area contributed by atoms with Crippen LogP contribution in [0.4, 0.5) is 5.69 Å². The molecule has 0 bridgehead atoms. The molecule has 1 aromatic carbocycles. The van der Waals surface area contributed by atoms with Crippen LogP contribution in [0.5, 0.6) is 5.75 Å². The molecule has 1 N–H and O–H groups in total. The van der Waals surface area contributed by atoms with Gasteiger partial charge in [0.2, 0.25) is 5.91 Å². The number of carbonyl (C=O) groups is 3. The Kier molecular flexibility index (Phi) is 9.41. The number of rotatable bonds is 5. The average Bonchev–Trinajstić information content (AvgIpc) is 2.88. The molecule has 0 fully saturated rings. The van der Waals surface area contributed by atoms with Gasteiger partial charge in [-0.25, -0.2) is 0 Å². The fraction of sp³-hybridized carbons (Fsp3) is 0.481. The third-order valence-electron chi connectivity index (χ3n) is 6.40. The van der Waals surface area contributed by atoms with Gasteiger partial charge < -0.3 is 24.6 Å². The van der Waals surface area contributed by atoms with Crippen LogP contribution in [0.1, 0.15) is 54.3 Å². The Bertz CT molecular complexity index is 1060. The standard InChI is InChI=1S/C27H36N4O5/c1-6-7-25(32)29-21-8-9-22-23(14-21)36-17-19(3)31(26(33)20-10-12-28-13-11-20)15-18(2)24(35-5)16-30(4)27(22)34/h8-14,18-19,24H,6-7,15-17H2,1-5H3,(H,29,32)/t18-,19+,24-/m0/s1. The first kappa shape index (κ1) is 27.1. The summed E-state index contributed by atoms with van der Waals surface area (Å²) in [5.74, 6) is -0.130. The third kappa shape index (κ3) is 6.60. The highest BCUT2D eigenvalue weighted by Gasteiger charge is 2.30. The predicted octanol–water partition coefficient (Wildman–Crippen LogP) is 3.47. The average molecular weight is 497 g/mol. The van der Waals surface area contributed by atoms with Crippen LogP contribution in [-0.4, -0.2) is 78.5 Å². The van der Waals surface area contributed by atoms with E-state index in [1.807, 2.05) is 20.8 Å². The minimum absolute atomic E-state index is 0.0476. The quantitative estimate of drug-likeness (QED) is 0.680. The lowest BCUT2D eigenvalue weighted by atomic mass is 10.0. The Labute approximate surface area is 212 Å². The van der Waals surface area contributed by atoms with E-state index in [9.17, 15) is 14.4 Å². The Morgan fingerprint density at radius 1 is 1.17 bits per heavy atom. The maximum atomic E-state index is 13.5. The normalized spacial score (nSPS) is 21.0. The van der Waals surface area contributed by atoms with E-state index in [-0.39, 0.29) is 42.4 Å². The van der Waals surface area contributed by atoms with E-state index in [0.29, 0.717) is 42.1 Å². The predicted molar refractivity (Wildman–Crippen MR) is 137 cm³/mol. The fourth-order valence-corrected chi connectivity index (χ4v) is 4.24. The second-order valence-electron chi connectivity index (χ2n) is 9.30. The smallest absolute Gasteiger partial charge is 0.257 e. The van der Waals surface area contributed by atoms with Crippen molar-refractivity contribution in [2.24, 2.45) is 5.92 Å². The molecular formula is C27H36N4O5. The lowest BCUT2D eigenvalue weighted by Gasteiger charge is -2.36. The van der Waals surface area contributed by atoms with Crippen molar-refractivity contribution in [2.45, 2.75) is 45.8 Å². The maximum absolute atomic E-state index is 13.5. The number of anilines is 1. The van der Waals surface area contributed by atoms with Crippen molar-refractivity contribution in [1.29, 1.82) is 0 Å². The third-order valence-corrected chi connectivity index (χ3v) is 6.40. The minimum atomic E-state index is -0.302. The molecule has 1 aromatic heterocycles. The highest BCUT2D eigenvalue weighted by atomic mass is 16.5. The number of likely N-dealkylation sites (N-methyl/N-ethyl adjacent to an activating group) is 1. The molecule has 0 saturated carbocycles. The number of benzene rings is 1. The number of hydrogen-bond acceptors (Lipinski definition) is 6. The van der Waals surface area contributed by atoms with Gasteiger partial charge in [-0.05, 0) is 37.6 Å². The van der Waals surface area contributed by atoms with Crippen molar-refractivity contribution < 1.29 is 23.9 Å². The Morgan fingerprint density at radius 2 is 1.89 bits per heavy atom. The SMILES string of the molecule is CCCC(=O)Nc1ccc2c(c1)OC[C@@H](C)N(C(=O)c1ccncc1)C[C@H](C)[C@@H](OC)CN(C)C2=O. The monoisotopic (exact) mass is 496 g/mol. The summed E-state index contributed by atoms with van der Waals surface area (Å²) in [6.45, 7) is 6.79. The molecule has 1 aliphatic heterocycles. The van der Waals surface area contributed by atoms with Crippen molar-refractivity contribution in [3.8, 4) is 5.75 Å². The van der Waals surface area contributed by atoms with Gasteiger partial charge in [0.05, 0.1) is 17.7 Å². The van der Waals surface area contributed by atoms with E-state index < -0.39 is 0 Å². The molecule has 0 radical (unpaired) electrons. The molecule has 0 saturated heterocycles. The zero-order valence-electron chi connectivity index (χ0n) is 21.7. The van der Waals surface area contributed by atoms with E-state index in [1.54, 1.807) is 66.7 Å². The van der Waals surface area contributed by atoms with Gasteiger partial charge in [-0.2, -0.15) is 0 Å². The number of aromatic nitrogens is 1. The van der Waals surface area contributed by atoms with Gasteiger partial charge >= 0.3 is 0 Å². The molecule has 3 rings (SSSR count). The lowest BCUT2D eigenvalue weighted by molar-refractivity contribution is -0.116. The first-order valence-corrected chi connectivity index (χ1v) is 12.3. The summed E-state index contributed by atoms with van der Waals surface area (Å²) in [4.78, 5) is 46.3. The van der Waals surface area contributed by atoms with Gasteiger partial charge in [0.25, 0.3) is 11.8 Å². The molecule has 0 aliphatic carbocycles. The minimum Gasteiger partial charge on any atom is -0.491 e. The van der Waals surface area contributed by atoms with Crippen LogP contribution in [-0.2, 0) is 9.53 Å². The first-order valence-electron chi connectivity index (χ1n) is 12.3. The van der Waals surface area contributed by atoms with Crippen molar-refractivity contribution in [3.63, 3.8) is 0 Å². The van der Waals surface area contributed by atoms with Gasteiger partial charge in [-0.3, -0.25) is 19.4 Å². The van der Waals surface area contributed by atoms with Crippen molar-refractivity contribution in [1.82, 2.24) is 14.8 Å². The number of methoxy groups -OCH3 is 1. The summed E-state index contributed by atoms with van der Waals surface area (Å²) < 4.78 is 11.9. The zero-order chi connectivity index (χ0) is 26.2. The van der Waals surface area contributed by atoms with Crippen LogP contribution in [0, 0.1) is 5.92 Å². The van der Waals surface area contributed by atoms with Gasteiger partial charge in [0.1, 0.15) is 12.4 Å². The second-order valence-corrected chi connectivity index (χ2v) is 9.30. The zero-order valence-corrected chi connectivity index (χ0v) is 21.7. The van der Waals surface area contributed by atoms with Crippen molar-refractivity contribution in [3.05, 3.63) is 53.9 Å². The number of ether oxygens (including phenoxy) is 2. The van der Waals surface area contributed by atoms with Crippen LogP contribution >= 0.6 is 0 Å². The van der Waals surface area contributed by atoms with Crippen LogP contribution in [0.25, 0.3) is 0 Å². The molecule has 9 nitrogen and oxygen atoms in total. The van der Waals surface area contributed by atoms with Gasteiger partial charge in [-0.1, -0.05) is 13.8 Å². The molecule has 3 amide bonds. The summed E-state index contributed by atoms with van der Waals surface area (Å²) in [5.41, 5.74) is 1.47. The maximum Gasteiger partial charge on any atom is 0.257 e. The summed E-state index contributed by atoms with van der Waals surface area (Å²) >= 11 is 0. The number of nitrogens with one attached hydrogen (secondary N) is 1. The summed E-state index contributed by atoms with van der Waals surface area (Å²) in [7, 11) is 3.34. The van der Waals surface area contributed by atoms with Crippen LogP contribution in [0.3, 0.4) is 0 Å². The van der Waals surface area contributed by atoms with Crippen molar-refractivity contribution in [2.75, 3.05) is 39.2 Å². The van der Waals surface area contributed by atoms with E-state index in [1.165, 1.54) is 0 Å². The topological polar surface area (TPSA) is 101 Å². The lowest BCUT2D eigenvalue weighted by Crippen LogP contribution is -2.48. The van der Waals surface area contributed by atoms with Gasteiger partial charge in [0.15, 0.2) is 0 Å². The molecule has 2 heterocycles. The second kappa shape index (κ2) is 12.5. The highest BCUT2D eigenvalue weighted by Crippen LogP contribution is 2.27. The van der Waals surface area contributed by atoms with Crippen molar-refractivity contribution >= 4 is 23.4 Å². The number of hydrogen-bond donors (Lipinski definition) is 1. The van der Waals surface area contributed by atoms with Crippen LogP contribution in [0.15, 0.2) is 42.7 Å². The highest BCUT2D eigenvalue weighted by molar-refractivity contribution is 5.98. The number of amides is 3. The summed E-state index contributed by atoms with van der Waals surface area (Å²) in [6.07, 6.45) is 4.04. The van der Waals surface area contributed by atoms with E-state index in [4.69, 9.17) is 9.47 Å². The largest absolute Gasteiger partial charge is 0.491 e. The molecule has 0 unspecified atom stereocenters. The van der Waals surface area contributed by atoms with Gasteiger partial charge in [-0.15, -0.1) is 0 Å². The molecule has 2 aromatic rings. The number of carbonyl (C=O) groups excluding carboxylic acids is 3. The molecular weight excluding hydrogens is 460 g/mol. The number of fused-ring (bicyclic) bond motifs is 1. The van der Waals surface area contributed by atoms with Gasteiger partial charge in [0, 0.05) is 69.3 Å². The van der Waals surface area contributed by atoms with Crippen LogP contribution in [0.2, 0.25) is 0 Å². The van der Waals surface area contributed by atoms with E-state index in [2.05, 4.69) is 10.3 Å². The molecule has 9 heteroatoms. The number of nitrogens with zero attached hydrogens (tertiary/aromatic N) is 3. The summed E-state index contributed by atoms with van der Waals surface area (Å²) in [6, 6.07) is 8.11.